The lowest BCUT2D eigenvalue weighted by Crippen LogP contribution is -2.50. The van der Waals surface area contributed by atoms with Gasteiger partial charge in [0.25, 0.3) is 0 Å². The van der Waals surface area contributed by atoms with Gasteiger partial charge in [0.15, 0.2) is 0 Å². The number of thiazole rings is 1. The van der Waals surface area contributed by atoms with Crippen molar-refractivity contribution in [3.05, 3.63) is 70.5 Å². The van der Waals surface area contributed by atoms with E-state index >= 15 is 0 Å². The van der Waals surface area contributed by atoms with Crippen molar-refractivity contribution in [1.29, 1.82) is 0 Å². The van der Waals surface area contributed by atoms with Gasteiger partial charge in [-0.3, -0.25) is 14.5 Å². The predicted octanol–water partition coefficient (Wildman–Crippen LogP) is 3.89. The molecule has 0 saturated carbocycles. The first-order valence-electron chi connectivity index (χ1n) is 11.0. The van der Waals surface area contributed by atoms with E-state index in [-0.39, 0.29) is 24.1 Å². The Labute approximate surface area is 197 Å². The number of carbonyl (C=O) groups is 2. The molecule has 1 aliphatic heterocycles. The zero-order chi connectivity index (χ0) is 23.4. The van der Waals surface area contributed by atoms with Crippen molar-refractivity contribution in [1.82, 2.24) is 14.8 Å². The van der Waals surface area contributed by atoms with Gasteiger partial charge in [0.2, 0.25) is 11.8 Å². The molecular weight excluding hydrogens is 439 g/mol. The average molecular weight is 467 g/mol. The van der Waals surface area contributed by atoms with Crippen LogP contribution in [-0.4, -0.2) is 59.3 Å². The molecule has 8 heteroatoms. The number of nitrogens with zero attached hydrogens (tertiary/aromatic N) is 3. The number of benzene rings is 2. The Morgan fingerprint density at radius 1 is 1.09 bits per heavy atom. The fourth-order valence-corrected chi connectivity index (χ4v) is 4.66. The average Bonchev–Trinajstić information content (AvgIpc) is 3.26. The Bertz CT molecular complexity index is 1150. The Balaban J connectivity index is 1.25. The number of aromatic nitrogens is 1. The summed E-state index contributed by atoms with van der Waals surface area (Å²) in [5.41, 5.74) is 4.47. The van der Waals surface area contributed by atoms with Crippen LogP contribution in [0.3, 0.4) is 0 Å². The zero-order valence-electron chi connectivity index (χ0n) is 18.8. The van der Waals surface area contributed by atoms with Crippen molar-refractivity contribution >= 4 is 28.8 Å². The van der Waals surface area contributed by atoms with E-state index in [1.54, 1.807) is 6.07 Å². The number of carbonyl (C=O) groups excluding carboxylic acids is 2. The van der Waals surface area contributed by atoms with Crippen LogP contribution in [0.1, 0.15) is 16.8 Å². The minimum atomic E-state index is -0.305. The molecule has 0 radical (unpaired) electrons. The summed E-state index contributed by atoms with van der Waals surface area (Å²) in [6.45, 7) is 6.79. The van der Waals surface area contributed by atoms with E-state index in [4.69, 9.17) is 0 Å². The fraction of sp³-hybridized carbons (Fsp3) is 0.320. The minimum Gasteiger partial charge on any atom is -0.340 e. The molecule has 4 rings (SSSR count). The Kier molecular flexibility index (Phi) is 7.15. The van der Waals surface area contributed by atoms with Crippen LogP contribution in [0.15, 0.2) is 47.8 Å². The molecule has 1 fully saturated rings. The summed E-state index contributed by atoms with van der Waals surface area (Å²) < 4.78 is 13.5. The van der Waals surface area contributed by atoms with E-state index in [1.807, 2.05) is 48.4 Å². The van der Waals surface area contributed by atoms with E-state index in [2.05, 4.69) is 15.2 Å². The lowest BCUT2D eigenvalue weighted by atomic mass is 10.1. The van der Waals surface area contributed by atoms with E-state index in [0.29, 0.717) is 49.0 Å². The second kappa shape index (κ2) is 10.2. The number of hydrogen-bond donors (Lipinski definition) is 1. The van der Waals surface area contributed by atoms with Crippen LogP contribution in [0.5, 0.6) is 0 Å². The number of hydrogen-bond acceptors (Lipinski definition) is 5. The number of nitrogens with one attached hydrogen (secondary N) is 1. The largest absolute Gasteiger partial charge is 0.340 e. The summed E-state index contributed by atoms with van der Waals surface area (Å²) in [6.07, 6.45) is 0.221. The molecule has 172 valence electrons. The second-order valence-corrected chi connectivity index (χ2v) is 9.14. The van der Waals surface area contributed by atoms with Gasteiger partial charge < -0.3 is 10.2 Å². The van der Waals surface area contributed by atoms with Gasteiger partial charge in [0, 0.05) is 42.8 Å². The van der Waals surface area contributed by atoms with Crippen LogP contribution in [0.2, 0.25) is 0 Å². The van der Waals surface area contributed by atoms with E-state index < -0.39 is 0 Å². The highest BCUT2D eigenvalue weighted by atomic mass is 32.1. The molecule has 2 aromatic carbocycles. The number of piperazine rings is 1. The summed E-state index contributed by atoms with van der Waals surface area (Å²) in [6, 6.07) is 12.2. The van der Waals surface area contributed by atoms with Crippen molar-refractivity contribution in [2.45, 2.75) is 20.3 Å². The molecule has 2 heterocycles. The molecule has 1 aliphatic rings. The highest BCUT2D eigenvalue weighted by Crippen LogP contribution is 2.25. The van der Waals surface area contributed by atoms with Crippen LogP contribution in [0.4, 0.5) is 10.1 Å². The smallest absolute Gasteiger partial charge is 0.238 e. The molecule has 0 spiro atoms. The van der Waals surface area contributed by atoms with E-state index in [0.717, 1.165) is 16.8 Å². The molecule has 1 N–H and O–H groups in total. The normalized spacial score (nSPS) is 14.3. The topological polar surface area (TPSA) is 65.5 Å². The fourth-order valence-electron chi connectivity index (χ4n) is 3.84. The minimum absolute atomic E-state index is 0.0191. The third-order valence-corrected chi connectivity index (χ3v) is 6.87. The van der Waals surface area contributed by atoms with Gasteiger partial charge in [-0.05, 0) is 43.2 Å². The molecule has 0 unspecified atom stereocenters. The summed E-state index contributed by atoms with van der Waals surface area (Å²) >= 11 is 1.41. The summed E-state index contributed by atoms with van der Waals surface area (Å²) in [5.74, 6) is -0.331. The van der Waals surface area contributed by atoms with Crippen molar-refractivity contribution in [2.24, 2.45) is 0 Å². The molecule has 0 atom stereocenters. The van der Waals surface area contributed by atoms with Gasteiger partial charge in [0.05, 0.1) is 18.7 Å². The third kappa shape index (κ3) is 5.83. The van der Waals surface area contributed by atoms with Crippen LogP contribution in [0.25, 0.3) is 10.6 Å². The maximum atomic E-state index is 13.5. The van der Waals surface area contributed by atoms with E-state index in [9.17, 15) is 14.0 Å². The van der Waals surface area contributed by atoms with E-state index in [1.165, 1.54) is 23.5 Å². The standard InChI is InChI=1S/C25H27FN4O2S/c1-17-5-3-8-22(18(17)2)28-23(31)15-29-9-11-30(12-10-29)24(32)14-21-16-33-25(27-21)19-6-4-7-20(26)13-19/h3-8,13,16H,9-12,14-15H2,1-2H3,(H,28,31). The lowest BCUT2D eigenvalue weighted by molar-refractivity contribution is -0.132. The third-order valence-electron chi connectivity index (χ3n) is 5.93. The van der Waals surface area contributed by atoms with Gasteiger partial charge in [-0.15, -0.1) is 11.3 Å². The maximum Gasteiger partial charge on any atom is 0.238 e. The van der Waals surface area contributed by atoms with Crippen molar-refractivity contribution in [2.75, 3.05) is 38.0 Å². The van der Waals surface area contributed by atoms with Crippen LogP contribution in [0, 0.1) is 19.7 Å². The molecule has 0 aliphatic carbocycles. The first kappa shape index (κ1) is 23.1. The first-order chi connectivity index (χ1) is 15.9. The number of anilines is 1. The quantitative estimate of drug-likeness (QED) is 0.599. The van der Waals surface area contributed by atoms with Gasteiger partial charge in [-0.25, -0.2) is 9.37 Å². The SMILES string of the molecule is Cc1cccc(NC(=O)CN2CCN(C(=O)Cc3csc(-c4cccc(F)c4)n3)CC2)c1C. The van der Waals surface area contributed by atoms with Gasteiger partial charge in [0.1, 0.15) is 10.8 Å². The molecule has 0 bridgehead atoms. The monoisotopic (exact) mass is 466 g/mol. The first-order valence-corrected chi connectivity index (χ1v) is 11.8. The molecule has 1 aromatic heterocycles. The predicted molar refractivity (Wildman–Crippen MR) is 129 cm³/mol. The van der Waals surface area contributed by atoms with Crippen molar-refractivity contribution in [3.8, 4) is 10.6 Å². The Morgan fingerprint density at radius 3 is 2.61 bits per heavy atom. The molecule has 33 heavy (non-hydrogen) atoms. The Hall–Kier alpha value is -3.10. The number of halogens is 1. The summed E-state index contributed by atoms with van der Waals surface area (Å²) in [5, 5.41) is 5.55. The lowest BCUT2D eigenvalue weighted by Gasteiger charge is -2.34. The highest BCUT2D eigenvalue weighted by molar-refractivity contribution is 7.13. The number of rotatable bonds is 6. The number of amides is 2. The molecule has 6 nitrogen and oxygen atoms in total. The molecule has 3 aromatic rings. The second-order valence-electron chi connectivity index (χ2n) is 8.28. The number of aryl methyl sites for hydroxylation is 1. The van der Waals surface area contributed by atoms with Crippen LogP contribution < -0.4 is 5.32 Å². The molecule has 1 saturated heterocycles. The van der Waals surface area contributed by atoms with Crippen molar-refractivity contribution < 1.29 is 14.0 Å². The maximum absolute atomic E-state index is 13.5. The summed E-state index contributed by atoms with van der Waals surface area (Å²) in [7, 11) is 0. The Morgan fingerprint density at radius 2 is 1.85 bits per heavy atom. The van der Waals surface area contributed by atoms with Gasteiger partial charge in [-0.1, -0.05) is 24.3 Å². The summed E-state index contributed by atoms with van der Waals surface area (Å²) in [4.78, 5) is 33.6. The van der Waals surface area contributed by atoms with Crippen molar-refractivity contribution in [3.63, 3.8) is 0 Å². The van der Waals surface area contributed by atoms with Gasteiger partial charge in [-0.2, -0.15) is 0 Å². The molecular formula is C25H27FN4O2S. The van der Waals surface area contributed by atoms with Crippen LogP contribution >= 0.6 is 11.3 Å². The van der Waals surface area contributed by atoms with Crippen LogP contribution in [-0.2, 0) is 16.0 Å². The molecule has 2 amide bonds. The van der Waals surface area contributed by atoms with Gasteiger partial charge >= 0.3 is 0 Å². The highest BCUT2D eigenvalue weighted by Gasteiger charge is 2.23. The zero-order valence-corrected chi connectivity index (χ0v) is 19.6.